The summed E-state index contributed by atoms with van der Waals surface area (Å²) in [5, 5.41) is -0.183. The van der Waals surface area contributed by atoms with Crippen molar-refractivity contribution < 1.29 is 13.5 Å². The van der Waals surface area contributed by atoms with E-state index in [0.29, 0.717) is 18.1 Å². The maximum absolute atomic E-state index is 14.4. The Kier molecular flexibility index (Phi) is 4.03. The number of fused-ring (bicyclic) bond motifs is 4. The number of nitrogens with zero attached hydrogens (tertiary/aromatic N) is 4. The van der Waals surface area contributed by atoms with Crippen LogP contribution >= 0.6 is 11.6 Å². The summed E-state index contributed by atoms with van der Waals surface area (Å²) in [6, 6.07) is 1.56. The van der Waals surface area contributed by atoms with Crippen molar-refractivity contribution in [3.8, 4) is 5.75 Å². The Balaban J connectivity index is 1.26. The fourth-order valence-corrected chi connectivity index (χ4v) is 5.22. The molecule has 0 radical (unpaired) electrons. The fraction of sp³-hybridized carbons (Fsp3) is 0.348. The number of allylic oxidation sites excluding steroid dienone is 3. The van der Waals surface area contributed by atoms with E-state index in [0.717, 1.165) is 43.1 Å². The number of halogens is 3. The van der Waals surface area contributed by atoms with Crippen molar-refractivity contribution in [2.45, 2.75) is 18.8 Å². The molecule has 4 heterocycles. The van der Waals surface area contributed by atoms with Crippen LogP contribution in [0.1, 0.15) is 17.7 Å². The summed E-state index contributed by atoms with van der Waals surface area (Å²) >= 11 is 5.97. The molecule has 6 rings (SSSR count). The fourth-order valence-electron chi connectivity index (χ4n) is 5.03. The molecule has 1 fully saturated rings. The lowest BCUT2D eigenvalue weighted by Gasteiger charge is -2.38. The summed E-state index contributed by atoms with van der Waals surface area (Å²) in [4.78, 5) is 8.81. The molecule has 0 spiro atoms. The summed E-state index contributed by atoms with van der Waals surface area (Å²) in [5.74, 6) is -1.68. The highest BCUT2D eigenvalue weighted by Crippen LogP contribution is 2.61. The number of hydrogen-bond donors (Lipinski definition) is 0. The maximum atomic E-state index is 14.4. The lowest BCUT2D eigenvalue weighted by atomic mass is 9.89. The van der Waals surface area contributed by atoms with Gasteiger partial charge >= 0.3 is 0 Å². The molecule has 8 heteroatoms. The minimum Gasteiger partial charge on any atom is -0.490 e. The summed E-state index contributed by atoms with van der Waals surface area (Å²) in [5.41, 5.74) is 3.62. The Hall–Kier alpha value is -2.80. The summed E-state index contributed by atoms with van der Waals surface area (Å²) in [7, 11) is 0. The first kappa shape index (κ1) is 18.9. The second-order valence-corrected chi connectivity index (χ2v) is 9.17. The molecule has 0 saturated heterocycles. The van der Waals surface area contributed by atoms with E-state index in [1.54, 1.807) is 6.07 Å². The highest BCUT2D eigenvalue weighted by atomic mass is 35.5. The van der Waals surface area contributed by atoms with Crippen molar-refractivity contribution in [1.29, 1.82) is 0 Å². The lowest BCUT2D eigenvalue weighted by Crippen LogP contribution is -2.41. The predicted octanol–water partition coefficient (Wildman–Crippen LogP) is 4.30. The van der Waals surface area contributed by atoms with Gasteiger partial charge in [-0.1, -0.05) is 11.6 Å². The first-order valence-electron chi connectivity index (χ1n) is 10.4. The van der Waals surface area contributed by atoms with Crippen LogP contribution in [0.2, 0.25) is 5.02 Å². The Morgan fingerprint density at radius 3 is 2.84 bits per heavy atom. The Morgan fingerprint density at radius 2 is 2.03 bits per heavy atom. The van der Waals surface area contributed by atoms with Crippen molar-refractivity contribution in [2.24, 2.45) is 5.92 Å². The average molecular weight is 443 g/mol. The van der Waals surface area contributed by atoms with Gasteiger partial charge in [0, 0.05) is 55.1 Å². The highest BCUT2D eigenvalue weighted by Gasteiger charge is 2.60. The number of hydrogen-bond acceptors (Lipinski definition) is 4. The topological polar surface area (TPSA) is 33.5 Å². The van der Waals surface area contributed by atoms with Gasteiger partial charge in [-0.05, 0) is 31.6 Å². The third kappa shape index (κ3) is 2.90. The highest BCUT2D eigenvalue weighted by molar-refractivity contribution is 6.30. The first-order valence-corrected chi connectivity index (χ1v) is 10.8. The number of imidazole rings is 1. The van der Waals surface area contributed by atoms with E-state index >= 15 is 0 Å². The van der Waals surface area contributed by atoms with E-state index in [1.165, 1.54) is 0 Å². The minimum absolute atomic E-state index is 0.0303. The van der Waals surface area contributed by atoms with Gasteiger partial charge in [0.2, 0.25) is 5.82 Å². The second-order valence-electron chi connectivity index (χ2n) is 8.76. The van der Waals surface area contributed by atoms with Crippen LogP contribution in [0.5, 0.6) is 5.75 Å². The van der Waals surface area contributed by atoms with Gasteiger partial charge in [-0.2, -0.15) is 4.39 Å². The van der Waals surface area contributed by atoms with Gasteiger partial charge in [0.25, 0.3) is 0 Å². The third-order valence-electron chi connectivity index (χ3n) is 6.80. The van der Waals surface area contributed by atoms with Crippen LogP contribution in [0.4, 0.5) is 8.78 Å². The van der Waals surface area contributed by atoms with Crippen molar-refractivity contribution >= 4 is 17.3 Å². The van der Waals surface area contributed by atoms with E-state index in [1.807, 2.05) is 24.0 Å². The molecule has 0 amide bonds. The molecule has 1 aromatic heterocycles. The molecule has 0 unspecified atom stereocenters. The standard InChI is InChI=1S/C23H21ClF2N4O/c1-14-8-30(13-27-14)17-3-2-16-9-28(4-5-29(16)10-17)12-23-7-15(23)11-31-22-18(23)6-19(24)20(25)21(22)26/h2-3,6,8-10,13,15H,4-5,7,11-12H2,1H3/t15-,23+/m0/s1. The number of aryl methyl sites for hydroxylation is 1. The normalized spacial score (nSPS) is 25.9. The monoisotopic (exact) mass is 442 g/mol. The molecule has 2 aromatic rings. The molecule has 4 aliphatic rings. The molecular formula is C23H21ClF2N4O. The SMILES string of the molecule is Cc1cn(C2=CN3CCN(C[C@]45C[C@H]4COc4c5cc(Cl)c(F)c4F)C=C3C=C2)cn1. The van der Waals surface area contributed by atoms with E-state index in [9.17, 15) is 8.78 Å². The van der Waals surface area contributed by atoms with E-state index in [-0.39, 0.29) is 16.2 Å². The molecule has 1 aromatic carbocycles. The Morgan fingerprint density at radius 1 is 1.19 bits per heavy atom. The lowest BCUT2D eigenvalue weighted by molar-refractivity contribution is 0.211. The number of rotatable bonds is 3. The summed E-state index contributed by atoms with van der Waals surface area (Å²) in [6.45, 7) is 4.80. The molecule has 1 aliphatic carbocycles. The van der Waals surface area contributed by atoms with Crippen LogP contribution in [-0.2, 0) is 5.41 Å². The average Bonchev–Trinajstić information content (AvgIpc) is 3.32. The van der Waals surface area contributed by atoms with Crippen LogP contribution in [0, 0.1) is 24.5 Å². The molecule has 160 valence electrons. The molecule has 0 bridgehead atoms. The Labute approximate surface area is 183 Å². The zero-order chi connectivity index (χ0) is 21.3. The zero-order valence-corrected chi connectivity index (χ0v) is 17.7. The van der Waals surface area contributed by atoms with E-state index in [4.69, 9.17) is 16.3 Å². The molecule has 5 nitrogen and oxygen atoms in total. The van der Waals surface area contributed by atoms with Crippen molar-refractivity contribution in [3.05, 3.63) is 76.8 Å². The van der Waals surface area contributed by atoms with Crippen LogP contribution in [-0.4, -0.2) is 45.6 Å². The van der Waals surface area contributed by atoms with Crippen molar-refractivity contribution in [1.82, 2.24) is 19.4 Å². The van der Waals surface area contributed by atoms with Crippen LogP contribution in [0.15, 0.2) is 48.8 Å². The quantitative estimate of drug-likeness (QED) is 0.664. The van der Waals surface area contributed by atoms with Crippen molar-refractivity contribution in [2.75, 3.05) is 26.2 Å². The second kappa shape index (κ2) is 6.60. The van der Waals surface area contributed by atoms with Gasteiger partial charge < -0.3 is 19.1 Å². The smallest absolute Gasteiger partial charge is 0.202 e. The van der Waals surface area contributed by atoms with E-state index < -0.39 is 11.6 Å². The number of aromatic nitrogens is 2. The molecular weight excluding hydrogens is 422 g/mol. The molecule has 31 heavy (non-hydrogen) atoms. The molecule has 2 atom stereocenters. The third-order valence-corrected chi connectivity index (χ3v) is 7.07. The molecule has 3 aliphatic heterocycles. The van der Waals surface area contributed by atoms with Gasteiger partial charge in [-0.3, -0.25) is 0 Å². The van der Waals surface area contributed by atoms with Gasteiger partial charge in [-0.25, -0.2) is 9.37 Å². The Bertz CT molecular complexity index is 1190. The molecule has 0 N–H and O–H groups in total. The van der Waals surface area contributed by atoms with Gasteiger partial charge in [0.15, 0.2) is 11.6 Å². The zero-order valence-electron chi connectivity index (χ0n) is 17.0. The van der Waals surface area contributed by atoms with Crippen LogP contribution in [0.25, 0.3) is 5.70 Å². The van der Waals surface area contributed by atoms with Gasteiger partial charge in [0.05, 0.1) is 35.0 Å². The van der Waals surface area contributed by atoms with Gasteiger partial charge in [0.1, 0.15) is 0 Å². The summed E-state index contributed by atoms with van der Waals surface area (Å²) in [6.07, 6.45) is 13.2. The summed E-state index contributed by atoms with van der Waals surface area (Å²) < 4.78 is 36.0. The van der Waals surface area contributed by atoms with Crippen LogP contribution < -0.4 is 4.74 Å². The van der Waals surface area contributed by atoms with E-state index in [2.05, 4.69) is 39.3 Å². The van der Waals surface area contributed by atoms with Crippen LogP contribution in [0.3, 0.4) is 0 Å². The predicted molar refractivity (Wildman–Crippen MR) is 113 cm³/mol. The maximum Gasteiger partial charge on any atom is 0.202 e. The molecule has 1 saturated carbocycles. The van der Waals surface area contributed by atoms with Gasteiger partial charge in [-0.15, -0.1) is 0 Å². The number of benzene rings is 1. The van der Waals surface area contributed by atoms with Crippen molar-refractivity contribution in [3.63, 3.8) is 0 Å². The first-order chi connectivity index (χ1) is 14.9. The largest absolute Gasteiger partial charge is 0.490 e. The number of ether oxygens (including phenoxy) is 1. The minimum atomic E-state index is -1.03.